The second-order valence-corrected chi connectivity index (χ2v) is 11.4. The first-order chi connectivity index (χ1) is 15.3. The Labute approximate surface area is 193 Å². The molecular formula is C24H39N3O4S. The minimum atomic E-state index is -3.71. The number of nitrogens with one attached hydrogen (secondary N) is 1. The number of amides is 1. The maximum absolute atomic E-state index is 13.3. The Balaban J connectivity index is 1.62. The van der Waals surface area contributed by atoms with Crippen LogP contribution in [0.1, 0.15) is 62.7 Å². The van der Waals surface area contributed by atoms with E-state index >= 15 is 0 Å². The fraction of sp³-hybridized carbons (Fsp3) is 0.708. The number of carbonyl (C=O) groups is 1. The van der Waals surface area contributed by atoms with Crippen molar-refractivity contribution in [2.75, 3.05) is 46.4 Å². The third-order valence-electron chi connectivity index (χ3n) is 6.49. The highest BCUT2D eigenvalue weighted by molar-refractivity contribution is 7.89. The molecule has 0 spiro atoms. The molecule has 2 saturated heterocycles. The molecule has 2 unspecified atom stereocenters. The van der Waals surface area contributed by atoms with Gasteiger partial charge in [-0.3, -0.25) is 4.79 Å². The summed E-state index contributed by atoms with van der Waals surface area (Å²) >= 11 is 0. The number of benzene rings is 1. The van der Waals surface area contributed by atoms with Crippen LogP contribution in [0, 0.1) is 11.8 Å². The summed E-state index contributed by atoms with van der Waals surface area (Å²) < 4.78 is 33.4. The molecule has 1 N–H and O–H groups in total. The first-order valence-corrected chi connectivity index (χ1v) is 13.4. The summed E-state index contributed by atoms with van der Waals surface area (Å²) in [6, 6.07) is 4.67. The Hall–Kier alpha value is -1.64. The van der Waals surface area contributed by atoms with Gasteiger partial charge in [-0.2, -0.15) is 4.31 Å². The van der Waals surface area contributed by atoms with Crippen molar-refractivity contribution in [2.24, 2.45) is 11.8 Å². The standard InChI is InChI=1S/C24H39N3O4S/c1-19-15-20(2)18-26(17-19)12-8-11-25-24(28)21-9-10-22(31-3)23(16-21)32(29,30)27-13-6-4-5-7-14-27/h9-10,16,19-20H,4-8,11-15,17-18H2,1-3H3,(H,25,28). The van der Waals surface area contributed by atoms with Gasteiger partial charge in [0.05, 0.1) is 7.11 Å². The number of sulfonamides is 1. The number of methoxy groups -OCH3 is 1. The Morgan fingerprint density at radius 2 is 1.75 bits per heavy atom. The predicted molar refractivity (Wildman–Crippen MR) is 127 cm³/mol. The summed E-state index contributed by atoms with van der Waals surface area (Å²) in [5, 5.41) is 2.95. The minimum absolute atomic E-state index is 0.0749. The van der Waals surface area contributed by atoms with E-state index in [9.17, 15) is 13.2 Å². The van der Waals surface area contributed by atoms with Crippen LogP contribution in [-0.2, 0) is 10.0 Å². The molecule has 2 aliphatic rings. The first kappa shape index (κ1) is 25.0. The van der Waals surface area contributed by atoms with Gasteiger partial charge in [0.1, 0.15) is 10.6 Å². The molecule has 2 fully saturated rings. The van der Waals surface area contributed by atoms with Gasteiger partial charge in [0.2, 0.25) is 10.0 Å². The van der Waals surface area contributed by atoms with Crippen LogP contribution in [0.3, 0.4) is 0 Å². The summed E-state index contributed by atoms with van der Waals surface area (Å²) in [7, 11) is -2.26. The summed E-state index contributed by atoms with van der Waals surface area (Å²) in [6.45, 7) is 9.38. The molecule has 2 aliphatic heterocycles. The van der Waals surface area contributed by atoms with Crippen molar-refractivity contribution in [3.63, 3.8) is 0 Å². The van der Waals surface area contributed by atoms with E-state index in [-0.39, 0.29) is 16.6 Å². The lowest BCUT2D eigenvalue weighted by Gasteiger charge is -2.34. The highest BCUT2D eigenvalue weighted by atomic mass is 32.2. The van der Waals surface area contributed by atoms with Crippen LogP contribution >= 0.6 is 0 Å². The molecule has 0 aromatic heterocycles. The molecule has 1 aromatic rings. The fourth-order valence-corrected chi connectivity index (χ4v) is 6.72. The number of hydrogen-bond acceptors (Lipinski definition) is 5. The van der Waals surface area contributed by atoms with E-state index < -0.39 is 10.0 Å². The topological polar surface area (TPSA) is 79.0 Å². The van der Waals surface area contributed by atoms with Crippen molar-refractivity contribution < 1.29 is 17.9 Å². The molecule has 180 valence electrons. The monoisotopic (exact) mass is 465 g/mol. The van der Waals surface area contributed by atoms with E-state index in [0.29, 0.717) is 25.2 Å². The van der Waals surface area contributed by atoms with Crippen LogP contribution in [-0.4, -0.2) is 69.9 Å². The van der Waals surface area contributed by atoms with Gasteiger partial charge in [0.25, 0.3) is 5.91 Å². The minimum Gasteiger partial charge on any atom is -0.495 e. The highest BCUT2D eigenvalue weighted by Gasteiger charge is 2.29. The lowest BCUT2D eigenvalue weighted by Crippen LogP contribution is -2.40. The van der Waals surface area contributed by atoms with E-state index in [2.05, 4.69) is 24.1 Å². The zero-order valence-corrected chi connectivity index (χ0v) is 20.6. The first-order valence-electron chi connectivity index (χ1n) is 12.0. The number of likely N-dealkylation sites (tertiary alicyclic amines) is 1. The van der Waals surface area contributed by atoms with Crippen LogP contribution in [0.2, 0.25) is 0 Å². The zero-order valence-electron chi connectivity index (χ0n) is 19.8. The normalized spacial score (nSPS) is 23.5. The number of hydrogen-bond donors (Lipinski definition) is 1. The Morgan fingerprint density at radius 3 is 2.38 bits per heavy atom. The number of nitrogens with zero attached hydrogens (tertiary/aromatic N) is 2. The Bertz CT molecular complexity index is 856. The van der Waals surface area contributed by atoms with Crippen molar-refractivity contribution in [3.05, 3.63) is 23.8 Å². The Kier molecular flexibility index (Phi) is 8.96. The van der Waals surface area contributed by atoms with Gasteiger partial charge in [0.15, 0.2) is 0 Å². The van der Waals surface area contributed by atoms with Crippen molar-refractivity contribution in [3.8, 4) is 5.75 Å². The van der Waals surface area contributed by atoms with Gasteiger partial charge in [-0.15, -0.1) is 0 Å². The van der Waals surface area contributed by atoms with Crippen LogP contribution in [0.15, 0.2) is 23.1 Å². The fourth-order valence-electron chi connectivity index (χ4n) is 5.02. The molecule has 3 rings (SSSR count). The third-order valence-corrected chi connectivity index (χ3v) is 8.41. The molecule has 2 atom stereocenters. The van der Waals surface area contributed by atoms with E-state index in [4.69, 9.17) is 4.74 Å². The molecule has 8 heteroatoms. The third kappa shape index (κ3) is 6.45. The second-order valence-electron chi connectivity index (χ2n) is 9.50. The number of carbonyl (C=O) groups excluding carboxylic acids is 1. The van der Waals surface area contributed by atoms with Gasteiger partial charge in [-0.1, -0.05) is 26.7 Å². The van der Waals surface area contributed by atoms with E-state index in [1.165, 1.54) is 23.9 Å². The summed E-state index contributed by atoms with van der Waals surface area (Å²) in [6.07, 6.45) is 5.96. The molecule has 7 nitrogen and oxygen atoms in total. The smallest absolute Gasteiger partial charge is 0.251 e. The van der Waals surface area contributed by atoms with E-state index in [0.717, 1.165) is 63.6 Å². The molecular weight excluding hydrogens is 426 g/mol. The molecule has 0 bridgehead atoms. The van der Waals surface area contributed by atoms with Gasteiger partial charge < -0.3 is 15.0 Å². The summed E-state index contributed by atoms with van der Waals surface area (Å²) in [4.78, 5) is 15.3. The van der Waals surface area contributed by atoms with Crippen molar-refractivity contribution in [1.29, 1.82) is 0 Å². The SMILES string of the molecule is COc1ccc(C(=O)NCCCN2CC(C)CC(C)C2)cc1S(=O)(=O)N1CCCCCC1. The van der Waals surface area contributed by atoms with Crippen LogP contribution in [0.5, 0.6) is 5.75 Å². The lowest BCUT2D eigenvalue weighted by molar-refractivity contribution is 0.0947. The van der Waals surface area contributed by atoms with Gasteiger partial charge >= 0.3 is 0 Å². The molecule has 1 amide bonds. The molecule has 1 aromatic carbocycles. The number of ether oxygens (including phenoxy) is 1. The average molecular weight is 466 g/mol. The number of rotatable bonds is 8. The lowest BCUT2D eigenvalue weighted by atomic mass is 9.92. The quantitative estimate of drug-likeness (QED) is 0.596. The largest absolute Gasteiger partial charge is 0.495 e. The number of piperidine rings is 1. The van der Waals surface area contributed by atoms with Crippen LogP contribution in [0.25, 0.3) is 0 Å². The van der Waals surface area contributed by atoms with Crippen molar-refractivity contribution >= 4 is 15.9 Å². The van der Waals surface area contributed by atoms with Crippen LogP contribution < -0.4 is 10.1 Å². The van der Waals surface area contributed by atoms with E-state index in [1.54, 1.807) is 12.1 Å². The van der Waals surface area contributed by atoms with Gasteiger partial charge in [-0.25, -0.2) is 8.42 Å². The second kappa shape index (κ2) is 11.5. The van der Waals surface area contributed by atoms with E-state index in [1.807, 2.05) is 0 Å². The predicted octanol–water partition coefficient (Wildman–Crippen LogP) is 3.36. The Morgan fingerprint density at radius 1 is 1.09 bits per heavy atom. The molecule has 0 saturated carbocycles. The van der Waals surface area contributed by atoms with Gasteiger partial charge in [-0.05, 0) is 62.3 Å². The van der Waals surface area contributed by atoms with Crippen molar-refractivity contribution in [1.82, 2.24) is 14.5 Å². The molecule has 2 heterocycles. The van der Waals surface area contributed by atoms with Gasteiger partial charge in [0, 0.05) is 38.3 Å². The van der Waals surface area contributed by atoms with Crippen molar-refractivity contribution in [2.45, 2.75) is 57.3 Å². The molecule has 0 radical (unpaired) electrons. The molecule has 32 heavy (non-hydrogen) atoms. The molecule has 0 aliphatic carbocycles. The highest BCUT2D eigenvalue weighted by Crippen LogP contribution is 2.29. The summed E-state index contributed by atoms with van der Waals surface area (Å²) in [5.41, 5.74) is 0.347. The maximum Gasteiger partial charge on any atom is 0.251 e. The summed E-state index contributed by atoms with van der Waals surface area (Å²) in [5.74, 6) is 1.47. The zero-order chi connectivity index (χ0) is 23.1. The maximum atomic E-state index is 13.3. The average Bonchev–Trinajstić information content (AvgIpc) is 3.06. The van der Waals surface area contributed by atoms with Crippen LogP contribution in [0.4, 0.5) is 0 Å².